The van der Waals surface area contributed by atoms with Crippen LogP contribution in [0.25, 0.3) is 0 Å². The lowest BCUT2D eigenvalue weighted by molar-refractivity contribution is 0.0982. The number of nitrogens with zero attached hydrogens (tertiary/aromatic N) is 1. The molecule has 2 heterocycles. The van der Waals surface area contributed by atoms with E-state index in [9.17, 15) is 9.00 Å². The molecule has 2 aromatic carbocycles. The van der Waals surface area contributed by atoms with E-state index in [0.29, 0.717) is 35.7 Å². The van der Waals surface area contributed by atoms with Gasteiger partial charge in [0.1, 0.15) is 16.7 Å². The summed E-state index contributed by atoms with van der Waals surface area (Å²) in [5, 5.41) is 0.788. The van der Waals surface area contributed by atoms with E-state index in [1.165, 1.54) is 24.0 Å². The first-order chi connectivity index (χ1) is 18.8. The molecule has 7 heteroatoms. The van der Waals surface area contributed by atoms with Crippen molar-refractivity contribution < 1.29 is 13.7 Å². The Morgan fingerprint density at radius 1 is 1.13 bits per heavy atom. The summed E-state index contributed by atoms with van der Waals surface area (Å²) in [4.78, 5) is 15.7. The van der Waals surface area contributed by atoms with Gasteiger partial charge < -0.3 is 9.64 Å². The summed E-state index contributed by atoms with van der Waals surface area (Å²) in [6, 6.07) is 12.0. The van der Waals surface area contributed by atoms with Crippen molar-refractivity contribution in [2.75, 3.05) is 30.3 Å². The number of hydrogen-bond acceptors (Lipinski definition) is 4. The summed E-state index contributed by atoms with van der Waals surface area (Å²) in [5.74, 6) is 2.77. The maximum Gasteiger partial charge on any atom is 0.263 e. The average molecular weight is 567 g/mol. The van der Waals surface area contributed by atoms with Gasteiger partial charge in [-0.3, -0.25) is 9.52 Å². The highest BCUT2D eigenvalue weighted by Crippen LogP contribution is 2.46. The maximum absolute atomic E-state index is 13.2. The molecule has 1 fully saturated rings. The van der Waals surface area contributed by atoms with Gasteiger partial charge in [-0.1, -0.05) is 43.7 Å². The lowest BCUT2D eigenvalue weighted by Gasteiger charge is -2.44. The van der Waals surface area contributed by atoms with Gasteiger partial charge in [0, 0.05) is 34.8 Å². The van der Waals surface area contributed by atoms with E-state index in [-0.39, 0.29) is 17.2 Å². The van der Waals surface area contributed by atoms with E-state index in [4.69, 9.17) is 16.3 Å². The minimum Gasteiger partial charge on any atom is -0.490 e. The third kappa shape index (κ3) is 5.39. The molecule has 0 saturated heterocycles. The second kappa shape index (κ2) is 10.9. The number of ether oxygens (including phenoxy) is 1. The normalized spacial score (nSPS) is 33.6. The van der Waals surface area contributed by atoms with Crippen LogP contribution in [0.15, 0.2) is 48.6 Å². The first-order valence-corrected chi connectivity index (χ1v) is 16.2. The van der Waals surface area contributed by atoms with Gasteiger partial charge in [-0.2, -0.15) is 0 Å². The predicted molar refractivity (Wildman–Crippen MR) is 159 cm³/mol. The van der Waals surface area contributed by atoms with Crippen LogP contribution in [-0.2, 0) is 22.8 Å². The van der Waals surface area contributed by atoms with Crippen LogP contribution < -0.4 is 14.4 Å². The van der Waals surface area contributed by atoms with Gasteiger partial charge in [0.2, 0.25) is 0 Å². The highest BCUT2D eigenvalue weighted by atomic mass is 35.5. The van der Waals surface area contributed by atoms with Gasteiger partial charge >= 0.3 is 0 Å². The van der Waals surface area contributed by atoms with Crippen molar-refractivity contribution in [1.29, 1.82) is 0 Å². The third-order valence-corrected chi connectivity index (χ3v) is 11.2. The number of allylic oxidation sites excluding steroid dienone is 2. The quantitative estimate of drug-likeness (QED) is 0.372. The number of amides is 1. The van der Waals surface area contributed by atoms with Crippen LogP contribution in [0.3, 0.4) is 0 Å². The molecular weight excluding hydrogens is 528 g/mol. The second-order valence-corrected chi connectivity index (χ2v) is 14.0. The zero-order valence-electron chi connectivity index (χ0n) is 23.0. The SMILES string of the molecule is CC1CS(=O)NC(=O)c2ccc3c(c2)N(CC2CCC2C/C=C/[C@@H]1C)C[C@@]1(CCCc2cc(Cl)ccc21)CO3. The minimum atomic E-state index is -1.43. The van der Waals surface area contributed by atoms with E-state index in [0.717, 1.165) is 55.2 Å². The van der Waals surface area contributed by atoms with Crippen LogP contribution in [-0.4, -0.2) is 35.6 Å². The smallest absolute Gasteiger partial charge is 0.263 e. The molecule has 4 unspecified atom stereocenters. The number of rotatable bonds is 0. The number of halogens is 1. The number of carbonyl (C=O) groups excluding carboxylic acids is 1. The summed E-state index contributed by atoms with van der Waals surface area (Å²) in [5.41, 5.74) is 4.05. The van der Waals surface area contributed by atoms with Crippen LogP contribution in [0.1, 0.15) is 67.4 Å². The number of nitrogens with one attached hydrogen (secondary N) is 1. The summed E-state index contributed by atoms with van der Waals surface area (Å²) in [6.07, 6.45) is 11.4. The van der Waals surface area contributed by atoms with Crippen molar-refractivity contribution in [2.24, 2.45) is 23.7 Å². The number of aryl methyl sites for hydroxylation is 1. The van der Waals surface area contributed by atoms with Gasteiger partial charge in [0.05, 0.1) is 12.3 Å². The molecular formula is C32H39ClN2O3S. The lowest BCUT2D eigenvalue weighted by atomic mass is 9.69. The van der Waals surface area contributed by atoms with Gasteiger partial charge in [-0.05, 0) is 104 Å². The van der Waals surface area contributed by atoms with Crippen LogP contribution >= 0.6 is 11.6 Å². The molecule has 4 aliphatic rings. The van der Waals surface area contributed by atoms with Gasteiger partial charge in [0.25, 0.3) is 5.91 Å². The van der Waals surface area contributed by atoms with Crippen molar-refractivity contribution in [3.8, 4) is 5.75 Å². The average Bonchev–Trinajstić information content (AvgIpc) is 3.05. The number of carbonyl (C=O) groups is 1. The van der Waals surface area contributed by atoms with Gasteiger partial charge in [0.15, 0.2) is 0 Å². The molecule has 1 saturated carbocycles. The predicted octanol–water partition coefficient (Wildman–Crippen LogP) is 6.46. The molecule has 0 radical (unpaired) electrons. The molecule has 2 aromatic rings. The molecule has 0 aromatic heterocycles. The Morgan fingerprint density at radius 3 is 2.79 bits per heavy atom. The summed E-state index contributed by atoms with van der Waals surface area (Å²) in [6.45, 7) is 6.69. The van der Waals surface area contributed by atoms with Crippen molar-refractivity contribution in [2.45, 2.75) is 57.8 Å². The highest BCUT2D eigenvalue weighted by molar-refractivity contribution is 7.83. The monoisotopic (exact) mass is 566 g/mol. The molecule has 2 aliphatic heterocycles. The van der Waals surface area contributed by atoms with E-state index in [1.54, 1.807) is 6.07 Å². The Hall–Kier alpha value is -2.31. The van der Waals surface area contributed by atoms with Crippen molar-refractivity contribution in [1.82, 2.24) is 4.72 Å². The standard InChI is InChI=1S/C32H39ClN2O3S/c1-21-5-3-6-23-8-9-26(23)17-35-19-32(14-4-7-24-15-27(33)11-12-28(24)32)20-38-30-13-10-25(16-29(30)35)31(36)34-39(37)18-22(21)2/h3,5,10-13,15-16,21-23,26H,4,6-9,14,17-20H2,1-2H3,(H,34,36)/b5-3+/t21-,22?,23?,26?,32-,39?/m0/s1. The first kappa shape index (κ1) is 26.9. The Labute approximate surface area is 239 Å². The number of anilines is 1. The molecule has 6 rings (SSSR count). The Bertz CT molecular complexity index is 1310. The Kier molecular flexibility index (Phi) is 7.53. The van der Waals surface area contributed by atoms with Crippen LogP contribution in [0.5, 0.6) is 5.75 Å². The molecule has 1 N–H and O–H groups in total. The van der Waals surface area contributed by atoms with Gasteiger partial charge in [-0.15, -0.1) is 0 Å². The molecule has 6 atom stereocenters. The number of benzene rings is 2. The first-order valence-electron chi connectivity index (χ1n) is 14.5. The van der Waals surface area contributed by atoms with Crippen LogP contribution in [0.4, 0.5) is 5.69 Å². The van der Waals surface area contributed by atoms with E-state index < -0.39 is 11.0 Å². The third-order valence-electron chi connectivity index (χ3n) is 9.73. The fourth-order valence-electron chi connectivity index (χ4n) is 6.98. The topological polar surface area (TPSA) is 58.6 Å². The summed E-state index contributed by atoms with van der Waals surface area (Å²) in [7, 11) is -1.43. The second-order valence-electron chi connectivity index (χ2n) is 12.3. The van der Waals surface area contributed by atoms with Crippen molar-refractivity contribution in [3.63, 3.8) is 0 Å². The Balaban J connectivity index is 1.39. The minimum absolute atomic E-state index is 0.132. The Morgan fingerprint density at radius 2 is 1.97 bits per heavy atom. The molecule has 208 valence electrons. The van der Waals surface area contributed by atoms with E-state index in [1.807, 2.05) is 18.2 Å². The maximum atomic E-state index is 13.2. The van der Waals surface area contributed by atoms with Gasteiger partial charge in [-0.25, -0.2) is 4.21 Å². The van der Waals surface area contributed by atoms with Crippen LogP contribution in [0.2, 0.25) is 5.02 Å². The largest absolute Gasteiger partial charge is 0.490 e. The number of fused-ring (bicyclic) bond motifs is 4. The highest BCUT2D eigenvalue weighted by Gasteiger charge is 2.43. The van der Waals surface area contributed by atoms with Crippen molar-refractivity contribution >= 4 is 34.2 Å². The zero-order chi connectivity index (χ0) is 27.1. The summed E-state index contributed by atoms with van der Waals surface area (Å²) < 4.78 is 22.2. The molecule has 5 nitrogen and oxygen atoms in total. The molecule has 2 bridgehead atoms. The van der Waals surface area contributed by atoms with Crippen LogP contribution in [0, 0.1) is 23.7 Å². The molecule has 1 spiro atoms. The fourth-order valence-corrected chi connectivity index (χ4v) is 8.36. The lowest BCUT2D eigenvalue weighted by Crippen LogP contribution is -2.48. The zero-order valence-corrected chi connectivity index (χ0v) is 24.5. The summed E-state index contributed by atoms with van der Waals surface area (Å²) >= 11 is 6.40. The fraction of sp³-hybridized carbons (Fsp3) is 0.531. The van der Waals surface area contributed by atoms with E-state index in [2.05, 4.69) is 47.8 Å². The van der Waals surface area contributed by atoms with Crippen molar-refractivity contribution in [3.05, 3.63) is 70.3 Å². The number of hydrogen-bond donors (Lipinski definition) is 1. The molecule has 39 heavy (non-hydrogen) atoms. The van der Waals surface area contributed by atoms with E-state index >= 15 is 0 Å². The molecule has 1 amide bonds. The molecule has 2 aliphatic carbocycles.